The van der Waals surface area contributed by atoms with Crippen LogP contribution in [0.15, 0.2) is 41.8 Å². The molecule has 2 heterocycles. The number of benzene rings is 1. The molecule has 0 amide bonds. The molecule has 0 bridgehead atoms. The molecule has 4 rings (SSSR count). The summed E-state index contributed by atoms with van der Waals surface area (Å²) in [5, 5.41) is 1.05. The van der Waals surface area contributed by atoms with Crippen LogP contribution in [0.4, 0.5) is 0 Å². The Kier molecular flexibility index (Phi) is 2.61. The molecule has 2 aromatic heterocycles. The fourth-order valence-corrected chi connectivity index (χ4v) is 2.82. The van der Waals surface area contributed by atoms with Gasteiger partial charge in [-0.15, -0.1) is 0 Å². The molecule has 3 nitrogen and oxygen atoms in total. The summed E-state index contributed by atoms with van der Waals surface area (Å²) in [6.07, 6.45) is 1.81. The van der Waals surface area contributed by atoms with E-state index in [4.69, 9.17) is 0 Å². The summed E-state index contributed by atoms with van der Waals surface area (Å²) in [7, 11) is 0. The molecule has 0 atom stereocenters. The van der Waals surface area contributed by atoms with E-state index in [1.165, 1.54) is 5.56 Å². The Morgan fingerprint density at radius 1 is 1.05 bits per heavy atom. The number of carbonyl (C=O) groups excluding carboxylic acids is 1. The van der Waals surface area contributed by atoms with Crippen LogP contribution < -0.4 is 0 Å². The maximum absolute atomic E-state index is 12.7. The first-order valence-electron chi connectivity index (χ1n) is 7.17. The summed E-state index contributed by atoms with van der Waals surface area (Å²) in [5.41, 5.74) is 12.2. The number of rotatable bonds is 2. The maximum atomic E-state index is 12.7. The second kappa shape index (κ2) is 4.51. The minimum atomic E-state index is -0.0375. The first kappa shape index (κ1) is 12.7. The van der Waals surface area contributed by atoms with Crippen LogP contribution in [0.5, 0.6) is 0 Å². The monoisotopic (exact) mass is 286 g/mol. The molecule has 1 aromatic carbocycles. The summed E-state index contributed by atoms with van der Waals surface area (Å²) < 4.78 is 0. The van der Waals surface area contributed by atoms with Crippen LogP contribution in [0.2, 0.25) is 0 Å². The van der Waals surface area contributed by atoms with Crippen LogP contribution in [-0.2, 0) is 0 Å². The van der Waals surface area contributed by atoms with Crippen molar-refractivity contribution >= 4 is 28.3 Å². The second-order valence-corrected chi connectivity index (χ2v) is 5.65. The molecule has 22 heavy (non-hydrogen) atoms. The van der Waals surface area contributed by atoms with E-state index in [1.54, 1.807) is 0 Å². The molecule has 0 saturated heterocycles. The van der Waals surface area contributed by atoms with Gasteiger partial charge >= 0.3 is 0 Å². The van der Waals surface area contributed by atoms with Crippen LogP contribution in [-0.4, -0.2) is 15.8 Å². The Morgan fingerprint density at radius 3 is 2.68 bits per heavy atom. The first-order valence-corrected chi connectivity index (χ1v) is 7.17. The number of fused-ring (bicyclic) bond motifs is 2. The van der Waals surface area contributed by atoms with Crippen molar-refractivity contribution < 1.29 is 4.79 Å². The van der Waals surface area contributed by atoms with Crippen molar-refractivity contribution in [2.45, 2.75) is 13.8 Å². The zero-order valence-corrected chi connectivity index (χ0v) is 12.4. The topological polar surface area (TPSA) is 48.6 Å². The van der Waals surface area contributed by atoms with Crippen LogP contribution in [0.3, 0.4) is 0 Å². The smallest absolute Gasteiger partial charge is 0.225 e. The molecule has 0 spiro atoms. The highest BCUT2D eigenvalue weighted by Gasteiger charge is 2.17. The average molecular weight is 286 g/mol. The molecule has 1 aliphatic carbocycles. The number of H-pyrrole nitrogens is 2. The largest absolute Gasteiger partial charge is 0.352 e. The van der Waals surface area contributed by atoms with E-state index >= 15 is 0 Å². The quantitative estimate of drug-likeness (QED) is 0.538. The number of aromatic nitrogens is 2. The van der Waals surface area contributed by atoms with E-state index in [2.05, 4.69) is 27.5 Å². The normalized spacial score (nSPS) is 12.5. The summed E-state index contributed by atoms with van der Waals surface area (Å²) in [6.45, 7) is 4.01. The number of carbonyl (C=O) groups is 1. The lowest BCUT2D eigenvalue weighted by Gasteiger charge is -1.97. The lowest BCUT2D eigenvalue weighted by atomic mass is 10.1. The molecule has 0 fully saturated rings. The number of aromatic amines is 2. The zero-order valence-electron chi connectivity index (χ0n) is 12.4. The van der Waals surface area contributed by atoms with Gasteiger partial charge in [-0.1, -0.05) is 23.1 Å². The van der Waals surface area contributed by atoms with Crippen molar-refractivity contribution in [3.8, 4) is 0 Å². The van der Waals surface area contributed by atoms with Gasteiger partial charge in [0.05, 0.1) is 17.1 Å². The van der Waals surface area contributed by atoms with Gasteiger partial charge in [0.25, 0.3) is 0 Å². The van der Waals surface area contributed by atoms with Crippen molar-refractivity contribution in [2.24, 2.45) is 0 Å². The summed E-state index contributed by atoms with van der Waals surface area (Å²) in [5.74, 6) is -0.0375. The van der Waals surface area contributed by atoms with Gasteiger partial charge in [-0.2, -0.15) is 0 Å². The molecule has 3 aromatic rings. The molecule has 2 N–H and O–H groups in total. The number of ketones is 1. The summed E-state index contributed by atoms with van der Waals surface area (Å²) in [4.78, 5) is 19.1. The Bertz CT molecular complexity index is 1030. The number of hydrogen-bond acceptors (Lipinski definition) is 1. The highest BCUT2D eigenvalue weighted by molar-refractivity contribution is 6.09. The Hall–Kier alpha value is -2.99. The second-order valence-electron chi connectivity index (χ2n) is 5.65. The van der Waals surface area contributed by atoms with Crippen LogP contribution in [0.1, 0.15) is 39.9 Å². The third kappa shape index (κ3) is 1.89. The van der Waals surface area contributed by atoms with Gasteiger partial charge in [-0.05, 0) is 38.1 Å². The fraction of sp³-hybridized carbons (Fsp3) is 0.105. The highest BCUT2D eigenvalue weighted by Crippen LogP contribution is 2.25. The Morgan fingerprint density at radius 2 is 1.86 bits per heavy atom. The van der Waals surface area contributed by atoms with Crippen LogP contribution in [0.25, 0.3) is 22.6 Å². The number of hydrogen-bond donors (Lipinski definition) is 2. The van der Waals surface area contributed by atoms with Gasteiger partial charge in [0, 0.05) is 28.1 Å². The standard InChI is InChI=1S/C19H14N2O/c1-11-6-7-15-13(8-11)9-17(20-15)19(22)18-10-14-12(2)4-3-5-16(14)21-18/h5-10,20-21H,1-2H3. The van der Waals surface area contributed by atoms with Crippen molar-refractivity contribution in [3.05, 3.63) is 70.0 Å². The highest BCUT2D eigenvalue weighted by atomic mass is 16.1. The van der Waals surface area contributed by atoms with E-state index < -0.39 is 0 Å². The lowest BCUT2D eigenvalue weighted by molar-refractivity contribution is 0.103. The van der Waals surface area contributed by atoms with Gasteiger partial charge in [0.15, 0.2) is 0 Å². The summed E-state index contributed by atoms with van der Waals surface area (Å²) in [6, 6.07) is 9.89. The number of nitrogens with one attached hydrogen (secondary N) is 2. The van der Waals surface area contributed by atoms with Gasteiger partial charge < -0.3 is 9.97 Å². The van der Waals surface area contributed by atoms with Crippen molar-refractivity contribution in [1.82, 2.24) is 9.97 Å². The Labute approximate surface area is 127 Å². The van der Waals surface area contributed by atoms with E-state index in [-0.39, 0.29) is 5.78 Å². The minimum absolute atomic E-state index is 0.0375. The van der Waals surface area contributed by atoms with E-state index in [1.807, 2.05) is 44.2 Å². The van der Waals surface area contributed by atoms with Crippen molar-refractivity contribution in [3.63, 3.8) is 0 Å². The zero-order chi connectivity index (χ0) is 15.3. The van der Waals surface area contributed by atoms with E-state index in [9.17, 15) is 4.79 Å². The molecule has 106 valence electrons. The van der Waals surface area contributed by atoms with E-state index in [0.717, 1.165) is 27.7 Å². The maximum Gasteiger partial charge on any atom is 0.225 e. The molecule has 3 heteroatoms. The molecule has 0 aliphatic heterocycles. The van der Waals surface area contributed by atoms with Gasteiger partial charge in [-0.25, -0.2) is 0 Å². The molecular weight excluding hydrogens is 272 g/mol. The van der Waals surface area contributed by atoms with Crippen LogP contribution >= 0.6 is 0 Å². The van der Waals surface area contributed by atoms with Gasteiger partial charge in [-0.3, -0.25) is 4.79 Å². The fourth-order valence-electron chi connectivity index (χ4n) is 2.82. The molecular formula is C19H14N2O. The SMILES string of the molecule is CC1=C=C=Cc2[nH]c(C(=O)c3cc4cc(C)ccc4[nH]3)cc21. The third-order valence-electron chi connectivity index (χ3n) is 3.99. The molecule has 0 radical (unpaired) electrons. The van der Waals surface area contributed by atoms with Gasteiger partial charge in [0.1, 0.15) is 0 Å². The molecule has 0 unspecified atom stereocenters. The summed E-state index contributed by atoms with van der Waals surface area (Å²) >= 11 is 0. The average Bonchev–Trinajstić information content (AvgIpc) is 3.10. The number of aryl methyl sites for hydroxylation is 1. The lowest BCUT2D eigenvalue weighted by Crippen LogP contribution is -2.01. The van der Waals surface area contributed by atoms with Crippen molar-refractivity contribution in [1.29, 1.82) is 0 Å². The molecule has 0 saturated carbocycles. The van der Waals surface area contributed by atoms with Crippen molar-refractivity contribution in [2.75, 3.05) is 0 Å². The Balaban J connectivity index is 1.78. The van der Waals surface area contributed by atoms with Gasteiger partial charge in [0.2, 0.25) is 5.78 Å². The van der Waals surface area contributed by atoms with E-state index in [0.29, 0.717) is 11.4 Å². The number of allylic oxidation sites excluding steroid dienone is 1. The third-order valence-corrected chi connectivity index (χ3v) is 3.99. The predicted octanol–water partition coefficient (Wildman–Crippen LogP) is 4.22. The molecule has 1 aliphatic rings. The first-order chi connectivity index (χ1) is 10.6. The van der Waals surface area contributed by atoms with Crippen LogP contribution in [0, 0.1) is 6.92 Å². The minimum Gasteiger partial charge on any atom is -0.352 e. The predicted molar refractivity (Wildman–Crippen MR) is 87.8 cm³/mol.